The van der Waals surface area contributed by atoms with Gasteiger partial charge in [-0.15, -0.1) is 0 Å². The van der Waals surface area contributed by atoms with Crippen molar-refractivity contribution in [3.63, 3.8) is 0 Å². The minimum absolute atomic E-state index is 0.234. The molecule has 0 aliphatic carbocycles. The monoisotopic (exact) mass is 616 g/mol. The Balaban J connectivity index is 1.33. The maximum Gasteiger partial charge on any atom is 0.343 e. The highest BCUT2D eigenvalue weighted by Gasteiger charge is 2.12. The molecule has 0 unspecified atom stereocenters. The van der Waals surface area contributed by atoms with Gasteiger partial charge in [0.05, 0.1) is 38.6 Å². The Kier molecular flexibility index (Phi) is 15.1. The molecule has 3 aromatic rings. The summed E-state index contributed by atoms with van der Waals surface area (Å²) in [5.41, 5.74) is 1.45. The second-order valence-corrected chi connectivity index (χ2v) is 11.3. The third-order valence-electron chi connectivity index (χ3n) is 6.66. The van der Waals surface area contributed by atoms with Crippen LogP contribution >= 0.6 is 34.8 Å². The van der Waals surface area contributed by atoms with E-state index < -0.39 is 5.97 Å². The van der Waals surface area contributed by atoms with Crippen LogP contribution in [0.25, 0.3) is 0 Å². The second-order valence-electron chi connectivity index (χ2n) is 10.1. The minimum atomic E-state index is -0.510. The zero-order chi connectivity index (χ0) is 29.3. The molecule has 0 atom stereocenters. The van der Waals surface area contributed by atoms with E-state index in [2.05, 4.69) is 17.2 Å². The number of esters is 1. The highest BCUT2D eigenvalue weighted by atomic mass is 35.5. The number of hydrogen-bond acceptors (Lipinski definition) is 5. The third-order valence-corrected chi connectivity index (χ3v) is 7.69. The van der Waals surface area contributed by atoms with Crippen molar-refractivity contribution in [3.8, 4) is 11.5 Å². The molecule has 0 aromatic heterocycles. The molecular formula is C33H39Cl3N2O3. The second kappa shape index (κ2) is 18.8. The Morgan fingerprint density at radius 3 is 1.73 bits per heavy atom. The Hall–Kier alpha value is -2.60. The van der Waals surface area contributed by atoms with E-state index in [0.717, 1.165) is 12.2 Å². The SMILES string of the molecule is CCCCCCCCCCCCCCOc1ccc(C(=O)Oc2ccc(N=Nc3ccc(Cl)c(Cl)c3)cc2Cl)cc1. The molecule has 0 heterocycles. The zero-order valence-electron chi connectivity index (χ0n) is 23.7. The van der Waals surface area contributed by atoms with Crippen LogP contribution in [0.3, 0.4) is 0 Å². The largest absolute Gasteiger partial charge is 0.494 e. The fraction of sp³-hybridized carbons (Fsp3) is 0.424. The van der Waals surface area contributed by atoms with Gasteiger partial charge in [0, 0.05) is 0 Å². The van der Waals surface area contributed by atoms with Crippen molar-refractivity contribution in [2.45, 2.75) is 84.0 Å². The first-order valence-corrected chi connectivity index (χ1v) is 15.7. The third kappa shape index (κ3) is 12.4. The van der Waals surface area contributed by atoms with Crippen molar-refractivity contribution in [1.82, 2.24) is 0 Å². The van der Waals surface area contributed by atoms with Gasteiger partial charge in [-0.25, -0.2) is 4.79 Å². The summed E-state index contributed by atoms with van der Waals surface area (Å²) in [5.74, 6) is 0.460. The summed E-state index contributed by atoms with van der Waals surface area (Å²) in [6.07, 6.45) is 15.7. The molecule has 0 aliphatic heterocycles. The average Bonchev–Trinajstić information content (AvgIpc) is 2.97. The van der Waals surface area contributed by atoms with Crippen LogP contribution in [0.4, 0.5) is 11.4 Å². The number of hydrogen-bond donors (Lipinski definition) is 0. The van der Waals surface area contributed by atoms with Gasteiger partial charge in [0.1, 0.15) is 11.5 Å². The van der Waals surface area contributed by atoms with Crippen LogP contribution in [0.5, 0.6) is 11.5 Å². The molecule has 3 rings (SSSR count). The number of nitrogens with zero attached hydrogens (tertiary/aromatic N) is 2. The van der Waals surface area contributed by atoms with E-state index in [4.69, 9.17) is 44.3 Å². The highest BCUT2D eigenvalue weighted by Crippen LogP contribution is 2.32. The Bertz CT molecular complexity index is 1250. The normalized spacial score (nSPS) is 11.2. The fourth-order valence-corrected chi connectivity index (χ4v) is 4.78. The molecule has 8 heteroatoms. The van der Waals surface area contributed by atoms with Crippen LogP contribution in [0.15, 0.2) is 70.9 Å². The van der Waals surface area contributed by atoms with Crippen molar-refractivity contribution in [1.29, 1.82) is 0 Å². The summed E-state index contributed by atoms with van der Waals surface area (Å²) in [7, 11) is 0. The number of rotatable bonds is 18. The lowest BCUT2D eigenvalue weighted by Crippen LogP contribution is -2.08. The fourth-order valence-electron chi connectivity index (χ4n) is 4.28. The van der Waals surface area contributed by atoms with Gasteiger partial charge in [-0.2, -0.15) is 10.2 Å². The van der Waals surface area contributed by atoms with E-state index >= 15 is 0 Å². The van der Waals surface area contributed by atoms with Crippen LogP contribution in [0.2, 0.25) is 15.1 Å². The van der Waals surface area contributed by atoms with Gasteiger partial charge < -0.3 is 9.47 Å². The maximum atomic E-state index is 12.6. The predicted octanol–water partition coefficient (Wildman–Crippen LogP) is 12.4. The smallest absolute Gasteiger partial charge is 0.343 e. The summed E-state index contributed by atoms with van der Waals surface area (Å²) >= 11 is 18.3. The number of ether oxygens (including phenoxy) is 2. The summed E-state index contributed by atoms with van der Waals surface area (Å²) in [4.78, 5) is 12.6. The van der Waals surface area contributed by atoms with Gasteiger partial charge in [-0.1, -0.05) is 112 Å². The first kappa shape index (κ1) is 32.9. The molecule has 0 N–H and O–H groups in total. The zero-order valence-corrected chi connectivity index (χ0v) is 26.0. The predicted molar refractivity (Wildman–Crippen MR) is 170 cm³/mol. The van der Waals surface area contributed by atoms with E-state index in [9.17, 15) is 4.79 Å². The quantitative estimate of drug-likeness (QED) is 0.0617. The van der Waals surface area contributed by atoms with Crippen molar-refractivity contribution >= 4 is 52.1 Å². The maximum absolute atomic E-state index is 12.6. The molecule has 0 fully saturated rings. The lowest BCUT2D eigenvalue weighted by atomic mass is 10.1. The van der Waals surface area contributed by atoms with Gasteiger partial charge in [-0.05, 0) is 67.1 Å². The molecular weight excluding hydrogens is 579 g/mol. The number of azo groups is 1. The molecule has 3 aromatic carbocycles. The van der Waals surface area contributed by atoms with Crippen molar-refractivity contribution in [2.75, 3.05) is 6.61 Å². The summed E-state index contributed by atoms with van der Waals surface area (Å²) in [6.45, 7) is 2.93. The van der Waals surface area contributed by atoms with Gasteiger partial charge >= 0.3 is 5.97 Å². The van der Waals surface area contributed by atoms with E-state index in [1.807, 2.05) is 0 Å². The molecule has 0 bridgehead atoms. The number of halogens is 3. The lowest BCUT2D eigenvalue weighted by Gasteiger charge is -2.09. The van der Waals surface area contributed by atoms with E-state index in [1.165, 1.54) is 70.6 Å². The molecule has 0 radical (unpaired) electrons. The first-order valence-electron chi connectivity index (χ1n) is 14.6. The Morgan fingerprint density at radius 1 is 0.634 bits per heavy atom. The lowest BCUT2D eigenvalue weighted by molar-refractivity contribution is 0.0735. The molecule has 0 saturated heterocycles. The van der Waals surface area contributed by atoms with E-state index in [1.54, 1.807) is 60.7 Å². The standard InChI is InChI=1S/C33H39Cl3N2O3/c1-2-3-4-5-6-7-8-9-10-11-12-13-22-40-28-18-14-25(15-19-28)33(39)41-32-21-17-27(24-31(32)36)38-37-26-16-20-29(34)30(35)23-26/h14-21,23-24H,2-13,22H2,1H3. The van der Waals surface area contributed by atoms with Crippen molar-refractivity contribution in [2.24, 2.45) is 10.2 Å². The molecule has 0 amide bonds. The number of benzene rings is 3. The summed E-state index contributed by atoms with van der Waals surface area (Å²) in [6, 6.07) is 16.7. The summed E-state index contributed by atoms with van der Waals surface area (Å²) in [5, 5.41) is 9.35. The molecule has 41 heavy (non-hydrogen) atoms. The number of carbonyl (C=O) groups excluding carboxylic acids is 1. The Morgan fingerprint density at radius 2 is 1.17 bits per heavy atom. The van der Waals surface area contributed by atoms with Gasteiger partial charge in [0.15, 0.2) is 0 Å². The van der Waals surface area contributed by atoms with Gasteiger partial charge in [0.2, 0.25) is 0 Å². The summed E-state index contributed by atoms with van der Waals surface area (Å²) < 4.78 is 11.3. The Labute approximate surface area is 259 Å². The van der Waals surface area contributed by atoms with Gasteiger partial charge in [-0.3, -0.25) is 0 Å². The van der Waals surface area contributed by atoms with Crippen LogP contribution in [0.1, 0.15) is 94.3 Å². The highest BCUT2D eigenvalue weighted by molar-refractivity contribution is 6.42. The molecule has 0 saturated carbocycles. The average molecular weight is 618 g/mol. The minimum Gasteiger partial charge on any atom is -0.494 e. The van der Waals surface area contributed by atoms with Crippen LogP contribution < -0.4 is 9.47 Å². The van der Waals surface area contributed by atoms with Crippen LogP contribution in [0, 0.1) is 0 Å². The van der Waals surface area contributed by atoms with Crippen LogP contribution in [-0.2, 0) is 0 Å². The molecule has 5 nitrogen and oxygen atoms in total. The van der Waals surface area contributed by atoms with Crippen LogP contribution in [-0.4, -0.2) is 12.6 Å². The molecule has 220 valence electrons. The number of carbonyl (C=O) groups is 1. The first-order chi connectivity index (χ1) is 20.0. The van der Waals surface area contributed by atoms with E-state index in [-0.39, 0.29) is 10.8 Å². The van der Waals surface area contributed by atoms with Gasteiger partial charge in [0.25, 0.3) is 0 Å². The van der Waals surface area contributed by atoms with Crippen molar-refractivity contribution in [3.05, 3.63) is 81.3 Å². The van der Waals surface area contributed by atoms with Crippen molar-refractivity contribution < 1.29 is 14.3 Å². The topological polar surface area (TPSA) is 60.2 Å². The molecule has 0 aliphatic rings. The van der Waals surface area contributed by atoms with E-state index in [0.29, 0.717) is 33.6 Å². The number of unbranched alkanes of at least 4 members (excludes halogenated alkanes) is 11. The molecule has 0 spiro atoms.